The fourth-order valence-electron chi connectivity index (χ4n) is 1.64. The predicted octanol–water partition coefficient (Wildman–Crippen LogP) is 1.55. The summed E-state index contributed by atoms with van der Waals surface area (Å²) >= 11 is 0. The van der Waals surface area contributed by atoms with Crippen molar-refractivity contribution in [1.29, 1.82) is 0 Å². The first kappa shape index (κ1) is 13.9. The van der Waals surface area contributed by atoms with Crippen LogP contribution in [0.2, 0.25) is 0 Å². The molecule has 1 heterocycles. The molecule has 0 unspecified atom stereocenters. The van der Waals surface area contributed by atoms with E-state index in [1.807, 2.05) is 12.1 Å². The SMILES string of the molecule is CC(C)c1ccc(/C=N/NC(=O)Cn2cncn2)cc1. The minimum absolute atomic E-state index is 0.101. The summed E-state index contributed by atoms with van der Waals surface area (Å²) < 4.78 is 1.43. The Morgan fingerprint density at radius 3 is 2.75 bits per heavy atom. The molecule has 0 spiro atoms. The minimum atomic E-state index is -0.245. The van der Waals surface area contributed by atoms with E-state index in [0.29, 0.717) is 5.92 Å². The molecule has 104 valence electrons. The van der Waals surface area contributed by atoms with Crippen LogP contribution >= 0.6 is 0 Å². The lowest BCUT2D eigenvalue weighted by atomic mass is 10.0. The Labute approximate surface area is 117 Å². The highest BCUT2D eigenvalue weighted by Crippen LogP contribution is 2.13. The van der Waals surface area contributed by atoms with Gasteiger partial charge in [-0.15, -0.1) is 0 Å². The molecule has 0 saturated heterocycles. The highest BCUT2D eigenvalue weighted by Gasteiger charge is 2.01. The highest BCUT2D eigenvalue weighted by atomic mass is 16.2. The van der Waals surface area contributed by atoms with E-state index in [-0.39, 0.29) is 12.5 Å². The van der Waals surface area contributed by atoms with Crippen LogP contribution in [0.25, 0.3) is 0 Å². The Morgan fingerprint density at radius 2 is 2.15 bits per heavy atom. The number of aromatic nitrogens is 3. The second-order valence-electron chi connectivity index (χ2n) is 4.71. The maximum Gasteiger partial charge on any atom is 0.261 e. The van der Waals surface area contributed by atoms with Crippen LogP contribution in [0.3, 0.4) is 0 Å². The molecule has 0 atom stereocenters. The molecule has 1 aromatic heterocycles. The van der Waals surface area contributed by atoms with Gasteiger partial charge in [0.25, 0.3) is 5.91 Å². The summed E-state index contributed by atoms with van der Waals surface area (Å²) in [6.45, 7) is 4.39. The fraction of sp³-hybridized carbons (Fsp3) is 0.286. The van der Waals surface area contributed by atoms with Crippen molar-refractivity contribution in [3.63, 3.8) is 0 Å². The van der Waals surface area contributed by atoms with E-state index in [4.69, 9.17) is 0 Å². The average molecular weight is 271 g/mol. The van der Waals surface area contributed by atoms with Crippen molar-refractivity contribution in [3.8, 4) is 0 Å². The highest BCUT2D eigenvalue weighted by molar-refractivity contribution is 5.82. The molecule has 6 heteroatoms. The van der Waals surface area contributed by atoms with Crippen molar-refractivity contribution in [3.05, 3.63) is 48.0 Å². The predicted molar refractivity (Wildman–Crippen MR) is 76.3 cm³/mol. The molecule has 0 saturated carbocycles. The maximum absolute atomic E-state index is 11.5. The van der Waals surface area contributed by atoms with Gasteiger partial charge < -0.3 is 0 Å². The Bertz CT molecular complexity index is 572. The zero-order valence-electron chi connectivity index (χ0n) is 11.5. The van der Waals surface area contributed by atoms with Crippen LogP contribution < -0.4 is 5.43 Å². The second kappa shape index (κ2) is 6.60. The van der Waals surface area contributed by atoms with Crippen LogP contribution in [0.5, 0.6) is 0 Å². The van der Waals surface area contributed by atoms with Gasteiger partial charge in [-0.05, 0) is 17.0 Å². The number of hydrogen-bond acceptors (Lipinski definition) is 4. The number of carbonyl (C=O) groups excluding carboxylic acids is 1. The summed E-state index contributed by atoms with van der Waals surface area (Å²) in [5.74, 6) is 0.258. The molecule has 1 N–H and O–H groups in total. The summed E-state index contributed by atoms with van der Waals surface area (Å²) in [5.41, 5.74) is 4.66. The van der Waals surface area contributed by atoms with Gasteiger partial charge in [-0.1, -0.05) is 38.1 Å². The summed E-state index contributed by atoms with van der Waals surface area (Å²) in [4.78, 5) is 15.3. The van der Waals surface area contributed by atoms with Crippen molar-refractivity contribution in [2.75, 3.05) is 0 Å². The van der Waals surface area contributed by atoms with Gasteiger partial charge in [0.2, 0.25) is 0 Å². The lowest BCUT2D eigenvalue weighted by Crippen LogP contribution is -2.23. The molecular formula is C14H17N5O. The molecule has 0 radical (unpaired) electrons. The van der Waals surface area contributed by atoms with E-state index in [0.717, 1.165) is 5.56 Å². The van der Waals surface area contributed by atoms with E-state index in [1.165, 1.54) is 22.9 Å². The van der Waals surface area contributed by atoms with Gasteiger partial charge in [-0.2, -0.15) is 10.2 Å². The van der Waals surface area contributed by atoms with Gasteiger partial charge in [0.15, 0.2) is 0 Å². The fourth-order valence-corrected chi connectivity index (χ4v) is 1.64. The van der Waals surface area contributed by atoms with Crippen molar-refractivity contribution in [2.45, 2.75) is 26.3 Å². The topological polar surface area (TPSA) is 72.2 Å². The molecular weight excluding hydrogens is 254 g/mol. The van der Waals surface area contributed by atoms with Crippen LogP contribution in [0, 0.1) is 0 Å². The van der Waals surface area contributed by atoms with Crippen LogP contribution in [0.1, 0.15) is 30.9 Å². The summed E-state index contributed by atoms with van der Waals surface area (Å²) in [6, 6.07) is 8.07. The van der Waals surface area contributed by atoms with E-state index in [9.17, 15) is 4.79 Å². The number of nitrogens with zero attached hydrogens (tertiary/aromatic N) is 4. The van der Waals surface area contributed by atoms with Gasteiger partial charge in [0.05, 0.1) is 6.21 Å². The van der Waals surface area contributed by atoms with E-state index >= 15 is 0 Å². The Morgan fingerprint density at radius 1 is 1.40 bits per heavy atom. The molecule has 1 amide bonds. The van der Waals surface area contributed by atoms with Crippen molar-refractivity contribution in [2.24, 2.45) is 5.10 Å². The summed E-state index contributed by atoms with van der Waals surface area (Å²) in [7, 11) is 0. The number of amides is 1. The van der Waals surface area contributed by atoms with E-state index in [2.05, 4.69) is 46.6 Å². The molecule has 6 nitrogen and oxygen atoms in total. The summed E-state index contributed by atoms with van der Waals surface area (Å²) in [5, 5.41) is 7.75. The van der Waals surface area contributed by atoms with Crippen molar-refractivity contribution < 1.29 is 4.79 Å². The first-order valence-electron chi connectivity index (χ1n) is 6.39. The lowest BCUT2D eigenvalue weighted by Gasteiger charge is -2.04. The number of rotatable bonds is 5. The Balaban J connectivity index is 1.85. The van der Waals surface area contributed by atoms with E-state index < -0.39 is 0 Å². The smallest absolute Gasteiger partial charge is 0.261 e. The van der Waals surface area contributed by atoms with Gasteiger partial charge in [0.1, 0.15) is 19.2 Å². The van der Waals surface area contributed by atoms with Crippen LogP contribution in [0.4, 0.5) is 0 Å². The number of nitrogens with one attached hydrogen (secondary N) is 1. The molecule has 2 aromatic rings. The quantitative estimate of drug-likeness (QED) is 0.662. The first-order valence-corrected chi connectivity index (χ1v) is 6.39. The van der Waals surface area contributed by atoms with Crippen LogP contribution in [-0.2, 0) is 11.3 Å². The third-order valence-corrected chi connectivity index (χ3v) is 2.78. The zero-order chi connectivity index (χ0) is 14.4. The number of carbonyl (C=O) groups is 1. The Hall–Kier alpha value is -2.50. The van der Waals surface area contributed by atoms with Crippen LogP contribution in [-0.4, -0.2) is 26.9 Å². The first-order chi connectivity index (χ1) is 9.65. The van der Waals surface area contributed by atoms with Crippen LogP contribution in [0.15, 0.2) is 42.0 Å². The monoisotopic (exact) mass is 271 g/mol. The molecule has 0 aliphatic carbocycles. The minimum Gasteiger partial charge on any atom is -0.271 e. The number of benzene rings is 1. The number of hydrazone groups is 1. The Kier molecular flexibility index (Phi) is 4.60. The maximum atomic E-state index is 11.5. The van der Waals surface area contributed by atoms with E-state index in [1.54, 1.807) is 6.21 Å². The van der Waals surface area contributed by atoms with Gasteiger partial charge in [-0.25, -0.2) is 15.1 Å². The van der Waals surface area contributed by atoms with Gasteiger partial charge in [0, 0.05) is 0 Å². The lowest BCUT2D eigenvalue weighted by molar-refractivity contribution is -0.121. The van der Waals surface area contributed by atoms with Gasteiger partial charge in [-0.3, -0.25) is 4.79 Å². The third kappa shape index (κ3) is 4.01. The molecule has 0 aliphatic rings. The van der Waals surface area contributed by atoms with Crippen molar-refractivity contribution in [1.82, 2.24) is 20.2 Å². The number of hydrogen-bond donors (Lipinski definition) is 1. The van der Waals surface area contributed by atoms with Crippen molar-refractivity contribution >= 4 is 12.1 Å². The third-order valence-electron chi connectivity index (χ3n) is 2.78. The molecule has 20 heavy (non-hydrogen) atoms. The average Bonchev–Trinajstić information content (AvgIpc) is 2.92. The zero-order valence-corrected chi connectivity index (χ0v) is 11.5. The molecule has 0 fully saturated rings. The standard InChI is InChI=1S/C14H17N5O/c1-11(2)13-5-3-12(4-6-13)7-16-18-14(20)8-19-10-15-9-17-19/h3-7,9-11H,8H2,1-2H3,(H,18,20)/b16-7+. The molecule has 0 bridgehead atoms. The largest absolute Gasteiger partial charge is 0.271 e. The molecule has 0 aliphatic heterocycles. The summed E-state index contributed by atoms with van der Waals surface area (Å²) in [6.07, 6.45) is 4.48. The normalized spacial score (nSPS) is 11.2. The second-order valence-corrected chi connectivity index (χ2v) is 4.71. The van der Waals surface area contributed by atoms with Gasteiger partial charge >= 0.3 is 0 Å². The molecule has 2 rings (SSSR count). The molecule has 1 aromatic carbocycles.